The molecule has 1 atom stereocenters. The number of allylic oxidation sites excluding steroid dienone is 1. The number of hydrogen-bond acceptors (Lipinski definition) is 4. The summed E-state index contributed by atoms with van der Waals surface area (Å²) in [5.41, 5.74) is 11.1. The molecule has 1 aromatic carbocycles. The Morgan fingerprint density at radius 1 is 1.20 bits per heavy atom. The lowest BCUT2D eigenvalue weighted by Crippen LogP contribution is -2.41. The minimum atomic E-state index is -0.679. The zero-order valence-corrected chi connectivity index (χ0v) is 15.6. The van der Waals surface area contributed by atoms with Gasteiger partial charge in [-0.3, -0.25) is 0 Å². The van der Waals surface area contributed by atoms with E-state index in [1.54, 1.807) is 4.68 Å². The van der Waals surface area contributed by atoms with Crippen molar-refractivity contribution >= 4 is 0 Å². The van der Waals surface area contributed by atoms with Crippen molar-refractivity contribution in [1.29, 1.82) is 5.26 Å². The topological polar surface area (TPSA) is 76.9 Å². The zero-order chi connectivity index (χ0) is 18.5. The van der Waals surface area contributed by atoms with Crippen LogP contribution < -0.4 is 10.5 Å². The number of rotatable bonds is 2. The van der Waals surface area contributed by atoms with E-state index < -0.39 is 5.41 Å². The maximum absolute atomic E-state index is 9.97. The van der Waals surface area contributed by atoms with Gasteiger partial charge >= 0.3 is 0 Å². The van der Waals surface area contributed by atoms with Gasteiger partial charge in [-0.15, -0.1) is 0 Å². The number of fused-ring (bicyclic) bond motifs is 1. The van der Waals surface area contributed by atoms with Crippen LogP contribution in [0.15, 0.2) is 29.7 Å². The van der Waals surface area contributed by atoms with Crippen LogP contribution in [0.5, 0.6) is 5.88 Å². The molecule has 5 nitrogen and oxygen atoms in total. The fourth-order valence-corrected chi connectivity index (χ4v) is 4.23. The number of nitrogens with zero attached hydrogens (tertiary/aromatic N) is 3. The van der Waals surface area contributed by atoms with Crippen molar-refractivity contribution in [3.05, 3.63) is 57.6 Å². The summed E-state index contributed by atoms with van der Waals surface area (Å²) in [6.45, 7) is 10.3. The molecule has 2 aromatic rings. The van der Waals surface area contributed by atoms with E-state index in [4.69, 9.17) is 10.5 Å². The lowest BCUT2D eigenvalue weighted by Gasteiger charge is -2.41. The Bertz CT molecular complexity index is 910. The van der Waals surface area contributed by atoms with Gasteiger partial charge in [0.15, 0.2) is 0 Å². The molecule has 1 aliphatic heterocycles. The number of ether oxygens (including phenoxy) is 1. The van der Waals surface area contributed by atoms with Crippen molar-refractivity contribution < 1.29 is 4.74 Å². The quantitative estimate of drug-likeness (QED) is 0.912. The monoisotopic (exact) mass is 336 g/mol. The van der Waals surface area contributed by atoms with Crippen molar-refractivity contribution in [2.24, 2.45) is 18.7 Å². The van der Waals surface area contributed by atoms with Crippen LogP contribution in [0.3, 0.4) is 0 Å². The van der Waals surface area contributed by atoms with Gasteiger partial charge in [-0.05, 0) is 32.3 Å². The highest BCUT2D eigenvalue weighted by Crippen LogP contribution is 2.53. The van der Waals surface area contributed by atoms with E-state index in [1.165, 1.54) is 0 Å². The summed E-state index contributed by atoms with van der Waals surface area (Å²) in [5.74, 6) is 0.861. The third kappa shape index (κ3) is 2.25. The van der Waals surface area contributed by atoms with Crippen LogP contribution in [0.4, 0.5) is 0 Å². The number of benzene rings is 1. The average Bonchev–Trinajstić information content (AvgIpc) is 2.79. The second kappa shape index (κ2) is 5.66. The van der Waals surface area contributed by atoms with Crippen LogP contribution in [0.2, 0.25) is 0 Å². The molecular formula is C20H24N4O. The Morgan fingerprint density at radius 3 is 2.32 bits per heavy atom. The number of nitriles is 1. The van der Waals surface area contributed by atoms with E-state index in [0.29, 0.717) is 11.5 Å². The predicted octanol–water partition coefficient (Wildman–Crippen LogP) is 3.37. The highest BCUT2D eigenvalue weighted by molar-refractivity contribution is 5.62. The van der Waals surface area contributed by atoms with E-state index in [0.717, 1.165) is 27.9 Å². The minimum Gasteiger partial charge on any atom is -0.422 e. The normalized spacial score (nSPS) is 19.6. The van der Waals surface area contributed by atoms with E-state index in [2.05, 4.69) is 57.1 Å². The van der Waals surface area contributed by atoms with Gasteiger partial charge in [-0.2, -0.15) is 10.4 Å². The summed E-state index contributed by atoms with van der Waals surface area (Å²) in [5, 5.41) is 14.5. The Hall–Kier alpha value is -2.74. The molecule has 0 aliphatic carbocycles. The standard InChI is InChI=1S/C20H24N4O/c1-11(2)20(15-8-12(3)7-13(4)9-15)16(10-21)18(22)25-19-17(20)14(5)23-24(19)6/h7-9,11H,22H2,1-6H3. The van der Waals surface area contributed by atoms with Gasteiger partial charge in [0.05, 0.1) is 16.7 Å². The van der Waals surface area contributed by atoms with Gasteiger partial charge in [-0.1, -0.05) is 43.2 Å². The molecule has 2 heterocycles. The van der Waals surface area contributed by atoms with Crippen molar-refractivity contribution in [1.82, 2.24) is 9.78 Å². The Labute approximate surface area is 148 Å². The van der Waals surface area contributed by atoms with Gasteiger partial charge in [0.2, 0.25) is 11.8 Å². The molecule has 130 valence electrons. The van der Waals surface area contributed by atoms with Gasteiger partial charge in [-0.25, -0.2) is 4.68 Å². The summed E-state index contributed by atoms with van der Waals surface area (Å²) in [4.78, 5) is 0. The molecule has 25 heavy (non-hydrogen) atoms. The zero-order valence-electron chi connectivity index (χ0n) is 15.6. The highest BCUT2D eigenvalue weighted by atomic mass is 16.5. The molecule has 1 aromatic heterocycles. The fourth-order valence-electron chi connectivity index (χ4n) is 4.23. The van der Waals surface area contributed by atoms with E-state index in [1.807, 2.05) is 14.0 Å². The molecule has 5 heteroatoms. The van der Waals surface area contributed by atoms with Crippen molar-refractivity contribution in [2.75, 3.05) is 0 Å². The molecular weight excluding hydrogens is 312 g/mol. The molecule has 0 fully saturated rings. The van der Waals surface area contributed by atoms with Gasteiger partial charge < -0.3 is 10.5 Å². The van der Waals surface area contributed by atoms with Gasteiger partial charge in [0.1, 0.15) is 11.6 Å². The first kappa shape index (κ1) is 17.1. The number of hydrogen-bond donors (Lipinski definition) is 1. The largest absolute Gasteiger partial charge is 0.422 e. The smallest absolute Gasteiger partial charge is 0.224 e. The summed E-state index contributed by atoms with van der Waals surface area (Å²) in [7, 11) is 1.84. The van der Waals surface area contributed by atoms with Gasteiger partial charge in [0, 0.05) is 7.05 Å². The minimum absolute atomic E-state index is 0.0902. The van der Waals surface area contributed by atoms with E-state index >= 15 is 0 Å². The van der Waals surface area contributed by atoms with Crippen LogP contribution in [0, 0.1) is 38.0 Å². The summed E-state index contributed by atoms with van der Waals surface area (Å²) in [6, 6.07) is 8.74. The molecule has 0 amide bonds. The Kier molecular flexibility index (Phi) is 3.87. The molecule has 3 rings (SSSR count). The van der Waals surface area contributed by atoms with Gasteiger partial charge in [0.25, 0.3) is 0 Å². The molecule has 0 saturated heterocycles. The third-order valence-corrected chi connectivity index (χ3v) is 5.07. The molecule has 0 bridgehead atoms. The van der Waals surface area contributed by atoms with Crippen LogP contribution in [-0.2, 0) is 12.5 Å². The molecule has 0 spiro atoms. The molecule has 0 radical (unpaired) electrons. The first-order valence-corrected chi connectivity index (χ1v) is 8.44. The van der Waals surface area contributed by atoms with E-state index in [9.17, 15) is 5.26 Å². The second-order valence-electron chi connectivity index (χ2n) is 7.18. The van der Waals surface area contributed by atoms with Crippen LogP contribution >= 0.6 is 0 Å². The summed E-state index contributed by atoms with van der Waals surface area (Å²) < 4.78 is 7.51. The first-order chi connectivity index (χ1) is 11.7. The Morgan fingerprint density at radius 2 is 1.80 bits per heavy atom. The number of nitrogens with two attached hydrogens (primary N) is 1. The predicted molar refractivity (Wildman–Crippen MR) is 96.9 cm³/mol. The first-order valence-electron chi connectivity index (χ1n) is 8.44. The SMILES string of the molecule is Cc1cc(C)cc(C2(C(C)C)C(C#N)=C(N)Oc3c2c(C)nn3C)c1. The maximum atomic E-state index is 9.97. The highest BCUT2D eigenvalue weighted by Gasteiger charge is 2.51. The van der Waals surface area contributed by atoms with Crippen molar-refractivity contribution in [2.45, 2.75) is 40.0 Å². The average molecular weight is 336 g/mol. The Balaban J connectivity index is 2.51. The van der Waals surface area contributed by atoms with Crippen LogP contribution in [0.1, 0.15) is 41.8 Å². The maximum Gasteiger partial charge on any atom is 0.224 e. The lowest BCUT2D eigenvalue weighted by atomic mass is 9.61. The third-order valence-electron chi connectivity index (χ3n) is 5.07. The van der Waals surface area contributed by atoms with Crippen molar-refractivity contribution in [3.63, 3.8) is 0 Å². The van der Waals surface area contributed by atoms with Crippen molar-refractivity contribution in [3.8, 4) is 11.9 Å². The van der Waals surface area contributed by atoms with Crippen LogP contribution in [-0.4, -0.2) is 9.78 Å². The molecule has 1 unspecified atom stereocenters. The summed E-state index contributed by atoms with van der Waals surface area (Å²) >= 11 is 0. The summed E-state index contributed by atoms with van der Waals surface area (Å²) in [6.07, 6.45) is 0. The molecule has 0 saturated carbocycles. The van der Waals surface area contributed by atoms with E-state index in [-0.39, 0.29) is 11.8 Å². The van der Waals surface area contributed by atoms with Crippen LogP contribution in [0.25, 0.3) is 0 Å². The lowest BCUT2D eigenvalue weighted by molar-refractivity contribution is 0.311. The number of aromatic nitrogens is 2. The number of aryl methyl sites for hydroxylation is 4. The molecule has 2 N–H and O–H groups in total. The second-order valence-corrected chi connectivity index (χ2v) is 7.18. The fraction of sp³-hybridized carbons (Fsp3) is 0.400. The molecule has 1 aliphatic rings.